The van der Waals surface area contributed by atoms with Crippen LogP contribution in [0.1, 0.15) is 49.7 Å². The maximum absolute atomic E-state index is 13.0. The fraction of sp³-hybridized carbons (Fsp3) is 0.364. The van der Waals surface area contributed by atoms with Gasteiger partial charge in [0.05, 0.1) is 13.2 Å². The second kappa shape index (κ2) is 18.2. The smallest absolute Gasteiger partial charge is 0.407 e. The average Bonchev–Trinajstić information content (AvgIpc) is 3.02. The number of hydrogen-bond donors (Lipinski definition) is 3. The maximum Gasteiger partial charge on any atom is 0.407 e. The number of nitrogens with one attached hydrogen (secondary N) is 3. The van der Waals surface area contributed by atoms with Gasteiger partial charge < -0.3 is 25.4 Å². The first-order chi connectivity index (χ1) is 20.0. The lowest BCUT2D eigenvalue weighted by Gasteiger charge is -2.19. The zero-order chi connectivity index (χ0) is 29.1. The number of carbonyl (C=O) groups excluding carboxylic acids is 3. The van der Waals surface area contributed by atoms with Gasteiger partial charge in [-0.05, 0) is 47.9 Å². The number of carbonyl (C=O) groups is 3. The third kappa shape index (κ3) is 12.3. The number of rotatable bonds is 17. The molecule has 0 aliphatic heterocycles. The van der Waals surface area contributed by atoms with Crippen molar-refractivity contribution in [2.45, 2.75) is 57.7 Å². The molecule has 0 aliphatic rings. The molecule has 0 saturated heterocycles. The molecule has 0 heterocycles. The summed E-state index contributed by atoms with van der Waals surface area (Å²) >= 11 is 0. The summed E-state index contributed by atoms with van der Waals surface area (Å²) in [5.41, 5.74) is 4.30. The lowest BCUT2D eigenvalue weighted by atomic mass is 10.0. The molecule has 1 atom stereocenters. The molecule has 0 aliphatic carbocycles. The molecule has 0 bridgehead atoms. The molecule has 0 unspecified atom stereocenters. The van der Waals surface area contributed by atoms with Crippen LogP contribution in [0.2, 0.25) is 0 Å². The van der Waals surface area contributed by atoms with Crippen molar-refractivity contribution in [1.82, 2.24) is 16.0 Å². The van der Waals surface area contributed by atoms with Gasteiger partial charge in [0.1, 0.15) is 6.61 Å². The Hall–Kier alpha value is -4.17. The highest BCUT2D eigenvalue weighted by Gasteiger charge is 2.17. The molecule has 8 heteroatoms. The number of alkyl carbamates (subject to hydrolysis) is 1. The molecule has 218 valence electrons. The third-order valence-corrected chi connectivity index (χ3v) is 6.67. The van der Waals surface area contributed by atoms with Crippen molar-refractivity contribution in [3.8, 4) is 11.1 Å². The van der Waals surface area contributed by atoms with E-state index in [2.05, 4.69) is 57.1 Å². The van der Waals surface area contributed by atoms with Crippen molar-refractivity contribution in [1.29, 1.82) is 0 Å². The van der Waals surface area contributed by atoms with E-state index in [0.29, 0.717) is 38.9 Å². The van der Waals surface area contributed by atoms with Gasteiger partial charge in [0.2, 0.25) is 5.91 Å². The van der Waals surface area contributed by atoms with Crippen molar-refractivity contribution in [3.63, 3.8) is 0 Å². The molecule has 3 rings (SSSR count). The fourth-order valence-electron chi connectivity index (χ4n) is 4.29. The second-order valence-corrected chi connectivity index (χ2v) is 9.80. The number of ether oxygens (including phenoxy) is 2. The van der Waals surface area contributed by atoms with E-state index >= 15 is 0 Å². The molecule has 41 heavy (non-hydrogen) atoms. The van der Waals surface area contributed by atoms with Gasteiger partial charge >= 0.3 is 12.1 Å². The first kappa shape index (κ1) is 31.4. The van der Waals surface area contributed by atoms with Gasteiger partial charge in [-0.15, -0.1) is 0 Å². The Kier molecular flexibility index (Phi) is 13.9. The van der Waals surface area contributed by atoms with Gasteiger partial charge in [-0.25, -0.2) is 4.79 Å². The van der Waals surface area contributed by atoms with Gasteiger partial charge in [-0.3, -0.25) is 9.59 Å². The molecule has 0 aromatic heterocycles. The number of hydrogen-bond acceptors (Lipinski definition) is 6. The predicted octanol–water partition coefficient (Wildman–Crippen LogP) is 5.37. The van der Waals surface area contributed by atoms with Crippen LogP contribution < -0.4 is 16.0 Å². The van der Waals surface area contributed by atoms with Crippen molar-refractivity contribution in [3.05, 3.63) is 96.1 Å². The van der Waals surface area contributed by atoms with Crippen LogP contribution in [0.5, 0.6) is 0 Å². The van der Waals surface area contributed by atoms with Crippen LogP contribution in [0.3, 0.4) is 0 Å². The first-order valence-corrected chi connectivity index (χ1v) is 14.2. The van der Waals surface area contributed by atoms with Crippen LogP contribution in [0.4, 0.5) is 4.79 Å². The zero-order valence-corrected chi connectivity index (χ0v) is 23.8. The van der Waals surface area contributed by atoms with E-state index in [1.807, 2.05) is 48.5 Å². The van der Waals surface area contributed by atoms with Crippen LogP contribution in [0.25, 0.3) is 11.1 Å². The topological polar surface area (TPSA) is 106 Å². The van der Waals surface area contributed by atoms with E-state index < -0.39 is 12.1 Å². The van der Waals surface area contributed by atoms with E-state index in [-0.39, 0.29) is 18.5 Å². The molecule has 2 amide bonds. The maximum atomic E-state index is 13.0. The van der Waals surface area contributed by atoms with E-state index in [1.165, 1.54) is 7.11 Å². The van der Waals surface area contributed by atoms with E-state index in [0.717, 1.165) is 41.5 Å². The highest BCUT2D eigenvalue weighted by molar-refractivity contribution is 5.81. The summed E-state index contributed by atoms with van der Waals surface area (Å²) in [6.45, 7) is 1.69. The van der Waals surface area contributed by atoms with Crippen LogP contribution in [0.15, 0.2) is 84.9 Å². The molecule has 0 saturated carbocycles. The second-order valence-electron chi connectivity index (χ2n) is 9.80. The van der Waals surface area contributed by atoms with Crippen LogP contribution in [-0.4, -0.2) is 44.2 Å². The summed E-state index contributed by atoms with van der Waals surface area (Å²) in [5, 5.41) is 9.16. The third-order valence-electron chi connectivity index (χ3n) is 6.67. The van der Waals surface area contributed by atoms with Crippen molar-refractivity contribution < 1.29 is 23.9 Å². The summed E-state index contributed by atoms with van der Waals surface area (Å²) in [4.78, 5) is 36.3. The number of benzene rings is 3. The average molecular weight is 560 g/mol. The molecule has 0 spiro atoms. The lowest BCUT2D eigenvalue weighted by Crippen LogP contribution is -2.44. The Labute approximate surface area is 242 Å². The van der Waals surface area contributed by atoms with E-state index in [1.54, 1.807) is 0 Å². The summed E-state index contributed by atoms with van der Waals surface area (Å²) in [6.07, 6.45) is 3.41. The molecule has 0 radical (unpaired) electrons. The normalized spacial score (nSPS) is 11.3. The predicted molar refractivity (Wildman–Crippen MR) is 160 cm³/mol. The summed E-state index contributed by atoms with van der Waals surface area (Å²) in [5.74, 6) is -0.293. The van der Waals surface area contributed by atoms with Gasteiger partial charge in [-0.1, -0.05) is 91.3 Å². The minimum absolute atomic E-state index is 0.0782. The Bertz CT molecular complexity index is 1190. The Morgan fingerprint density at radius 2 is 1.37 bits per heavy atom. The first-order valence-electron chi connectivity index (χ1n) is 14.2. The Morgan fingerprint density at radius 3 is 2.07 bits per heavy atom. The number of unbranched alkanes of at least 4 members (excludes halogenated alkanes) is 2. The minimum Gasteiger partial charge on any atom is -0.469 e. The molecule has 3 N–H and O–H groups in total. The zero-order valence-electron chi connectivity index (χ0n) is 23.8. The lowest BCUT2D eigenvalue weighted by molar-refractivity contribution is -0.140. The Balaban J connectivity index is 1.45. The Morgan fingerprint density at radius 1 is 0.707 bits per heavy atom. The molecular formula is C33H41N3O5. The number of amides is 2. The van der Waals surface area contributed by atoms with Crippen LogP contribution >= 0.6 is 0 Å². The quantitative estimate of drug-likeness (QED) is 0.152. The number of esters is 1. The highest BCUT2D eigenvalue weighted by Crippen LogP contribution is 2.19. The summed E-state index contributed by atoms with van der Waals surface area (Å²) in [6, 6.07) is 27.6. The molecule has 3 aromatic carbocycles. The van der Waals surface area contributed by atoms with Gasteiger partial charge in [0.25, 0.3) is 0 Å². The van der Waals surface area contributed by atoms with E-state index in [4.69, 9.17) is 4.74 Å². The molecule has 3 aromatic rings. The van der Waals surface area contributed by atoms with Gasteiger partial charge in [-0.2, -0.15) is 0 Å². The summed E-state index contributed by atoms with van der Waals surface area (Å²) < 4.78 is 9.93. The monoisotopic (exact) mass is 559 g/mol. The molecule has 0 fully saturated rings. The van der Waals surface area contributed by atoms with Crippen molar-refractivity contribution in [2.24, 2.45) is 0 Å². The fourth-order valence-corrected chi connectivity index (χ4v) is 4.29. The van der Waals surface area contributed by atoms with Crippen LogP contribution in [0, 0.1) is 0 Å². The summed E-state index contributed by atoms with van der Waals surface area (Å²) in [7, 11) is 1.39. The molecular weight excluding hydrogens is 518 g/mol. The van der Waals surface area contributed by atoms with Gasteiger partial charge in [0, 0.05) is 26.1 Å². The minimum atomic E-state index is -0.478. The standard InChI is InChI=1S/C33H41N3O5/c1-40-31(37)17-9-4-10-22-34-32(38)30(16-11-23-35-33(39)41-25-27-12-5-2-6-13-27)36-24-26-18-20-29(21-19-26)28-14-7-3-8-15-28/h2-3,5-8,12-15,18-21,30,36H,4,9-11,16-17,22-25H2,1H3,(H,34,38)(H,35,39)/t30-/m0/s1. The van der Waals surface area contributed by atoms with Crippen molar-refractivity contribution >= 4 is 18.0 Å². The molecule has 8 nitrogen and oxygen atoms in total. The highest BCUT2D eigenvalue weighted by atomic mass is 16.5. The van der Waals surface area contributed by atoms with Gasteiger partial charge in [0.15, 0.2) is 0 Å². The SMILES string of the molecule is COC(=O)CCCCCNC(=O)[C@H](CCCNC(=O)OCc1ccccc1)NCc1ccc(-c2ccccc2)cc1. The largest absolute Gasteiger partial charge is 0.469 e. The van der Waals surface area contributed by atoms with E-state index in [9.17, 15) is 14.4 Å². The van der Waals surface area contributed by atoms with Crippen molar-refractivity contribution in [2.75, 3.05) is 20.2 Å². The van der Waals surface area contributed by atoms with Crippen LogP contribution in [-0.2, 0) is 32.2 Å². The number of methoxy groups -OCH3 is 1.